The standard InChI is InChI=1S/C34H27NO2/c1-35(2)30-15-14-26(28-18-22-10-5-6-11-23(22)19-29(28)30)32-33(36)31(34(32)37)25-13-7-12-24-16-20-8-3-4-9-21(20)17-27(24)25/h3-19,31-34H,1-2H3/q-2. The summed E-state index contributed by atoms with van der Waals surface area (Å²) in [5.41, 5.74) is 2.86. The first kappa shape index (κ1) is 22.3. The van der Waals surface area contributed by atoms with Crippen LogP contribution in [0.2, 0.25) is 0 Å². The summed E-state index contributed by atoms with van der Waals surface area (Å²) in [6, 6.07) is 35.2. The summed E-state index contributed by atoms with van der Waals surface area (Å²) in [5, 5.41) is 36.5. The van der Waals surface area contributed by atoms with Crippen LogP contribution < -0.4 is 15.1 Å². The number of hydrogen-bond acceptors (Lipinski definition) is 3. The third kappa shape index (κ3) is 3.35. The molecule has 2 atom stereocenters. The van der Waals surface area contributed by atoms with E-state index in [-0.39, 0.29) is 0 Å². The molecule has 3 nitrogen and oxygen atoms in total. The molecular weight excluding hydrogens is 454 g/mol. The Kier molecular flexibility index (Phi) is 5.00. The van der Waals surface area contributed by atoms with E-state index in [9.17, 15) is 10.2 Å². The summed E-state index contributed by atoms with van der Waals surface area (Å²) < 4.78 is 0. The Bertz CT molecular complexity index is 1810. The van der Waals surface area contributed by atoms with Gasteiger partial charge >= 0.3 is 0 Å². The highest BCUT2D eigenvalue weighted by molar-refractivity contribution is 6.06. The van der Waals surface area contributed by atoms with E-state index in [1.807, 2.05) is 56.6 Å². The third-order valence-electron chi connectivity index (χ3n) is 8.29. The van der Waals surface area contributed by atoms with Crippen molar-refractivity contribution in [1.29, 1.82) is 0 Å². The Balaban J connectivity index is 1.35. The van der Waals surface area contributed by atoms with Gasteiger partial charge in [-0.2, -0.15) is 0 Å². The number of anilines is 1. The van der Waals surface area contributed by atoms with E-state index < -0.39 is 24.0 Å². The maximum Gasteiger partial charge on any atom is 0.0441 e. The molecule has 1 aliphatic rings. The minimum absolute atomic E-state index is 0.557. The van der Waals surface area contributed by atoms with Gasteiger partial charge in [0.15, 0.2) is 0 Å². The summed E-state index contributed by atoms with van der Waals surface area (Å²) in [6.45, 7) is 0. The molecule has 37 heavy (non-hydrogen) atoms. The predicted octanol–water partition coefficient (Wildman–Crippen LogP) is 5.70. The number of rotatable bonds is 3. The molecule has 0 radical (unpaired) electrons. The topological polar surface area (TPSA) is 49.4 Å². The first-order valence-corrected chi connectivity index (χ1v) is 12.9. The molecule has 7 rings (SSSR count). The summed E-state index contributed by atoms with van der Waals surface area (Å²) in [7, 11) is 4.06. The molecule has 1 aliphatic carbocycles. The lowest BCUT2D eigenvalue weighted by Crippen LogP contribution is -2.63. The van der Waals surface area contributed by atoms with Crippen molar-refractivity contribution in [3.05, 3.63) is 114 Å². The van der Waals surface area contributed by atoms with Crippen LogP contribution >= 0.6 is 0 Å². The molecule has 1 saturated carbocycles. The fourth-order valence-electron chi connectivity index (χ4n) is 6.38. The molecule has 6 aromatic carbocycles. The second-order valence-electron chi connectivity index (χ2n) is 10.6. The average Bonchev–Trinajstić information content (AvgIpc) is 2.91. The van der Waals surface area contributed by atoms with Crippen LogP contribution in [0.3, 0.4) is 0 Å². The van der Waals surface area contributed by atoms with Crippen LogP contribution in [-0.2, 0) is 0 Å². The van der Waals surface area contributed by atoms with Crippen LogP contribution in [0.5, 0.6) is 0 Å². The van der Waals surface area contributed by atoms with Crippen molar-refractivity contribution >= 4 is 48.8 Å². The monoisotopic (exact) mass is 481 g/mol. The zero-order chi connectivity index (χ0) is 25.3. The normalized spacial score (nSPS) is 21.5. The van der Waals surface area contributed by atoms with E-state index in [2.05, 4.69) is 65.6 Å². The van der Waals surface area contributed by atoms with Gasteiger partial charge in [-0.3, -0.25) is 0 Å². The van der Waals surface area contributed by atoms with Crippen molar-refractivity contribution in [2.75, 3.05) is 19.0 Å². The molecule has 1 fully saturated rings. The van der Waals surface area contributed by atoms with Crippen molar-refractivity contribution in [1.82, 2.24) is 0 Å². The van der Waals surface area contributed by atoms with E-state index in [0.29, 0.717) is 0 Å². The van der Waals surface area contributed by atoms with Gasteiger partial charge in [-0.1, -0.05) is 72.8 Å². The van der Waals surface area contributed by atoms with Gasteiger partial charge in [0.05, 0.1) is 0 Å². The predicted molar refractivity (Wildman–Crippen MR) is 150 cm³/mol. The number of nitrogens with zero attached hydrogens (tertiary/aromatic N) is 1. The number of fused-ring (bicyclic) bond motifs is 4. The lowest BCUT2D eigenvalue weighted by atomic mass is 9.62. The van der Waals surface area contributed by atoms with Gasteiger partial charge in [0.1, 0.15) is 0 Å². The maximum atomic E-state index is 13.9. The molecule has 0 spiro atoms. The van der Waals surface area contributed by atoms with Crippen molar-refractivity contribution < 1.29 is 10.2 Å². The summed E-state index contributed by atoms with van der Waals surface area (Å²) in [6.07, 6.45) is -1.97. The van der Waals surface area contributed by atoms with Gasteiger partial charge in [0, 0.05) is 25.2 Å². The van der Waals surface area contributed by atoms with Crippen molar-refractivity contribution in [3.8, 4) is 0 Å². The van der Waals surface area contributed by atoms with Gasteiger partial charge in [0.25, 0.3) is 0 Å². The number of hydrogen-bond donors (Lipinski definition) is 0. The lowest BCUT2D eigenvalue weighted by Gasteiger charge is -2.62. The molecule has 0 saturated heterocycles. The van der Waals surface area contributed by atoms with Crippen LogP contribution in [0, 0.1) is 0 Å². The van der Waals surface area contributed by atoms with Crippen LogP contribution in [0.4, 0.5) is 5.69 Å². The van der Waals surface area contributed by atoms with Crippen LogP contribution in [-0.4, -0.2) is 26.3 Å². The SMILES string of the molecule is CN(C)c1ccc(C2C([O-])C(c3cccc4cc5ccccc5cc34)C2[O-])c2cc3ccccc3cc12. The summed E-state index contributed by atoms with van der Waals surface area (Å²) in [4.78, 5) is 2.09. The fraction of sp³-hybridized carbons (Fsp3) is 0.176. The van der Waals surface area contributed by atoms with E-state index >= 15 is 0 Å². The van der Waals surface area contributed by atoms with Gasteiger partial charge in [-0.05, 0) is 91.0 Å². The van der Waals surface area contributed by atoms with E-state index in [1.54, 1.807) is 0 Å². The second kappa shape index (κ2) is 8.31. The van der Waals surface area contributed by atoms with Gasteiger partial charge in [0.2, 0.25) is 0 Å². The van der Waals surface area contributed by atoms with Gasteiger partial charge < -0.3 is 15.1 Å². The largest absolute Gasteiger partial charge is 0.851 e. The molecule has 0 bridgehead atoms. The van der Waals surface area contributed by atoms with Crippen LogP contribution in [0.25, 0.3) is 43.1 Å². The molecule has 0 aromatic heterocycles. The summed E-state index contributed by atoms with van der Waals surface area (Å²) in [5.74, 6) is -1.13. The highest BCUT2D eigenvalue weighted by atomic mass is 16.3. The Morgan fingerprint density at radius 1 is 0.486 bits per heavy atom. The lowest BCUT2D eigenvalue weighted by molar-refractivity contribution is -0.535. The van der Waals surface area contributed by atoms with Crippen molar-refractivity contribution in [2.45, 2.75) is 24.0 Å². The Hall–Kier alpha value is -3.92. The summed E-state index contributed by atoms with van der Waals surface area (Å²) >= 11 is 0. The molecular formula is C34H27NO2-2. The molecule has 0 heterocycles. The van der Waals surface area contributed by atoms with Crippen LogP contribution in [0.1, 0.15) is 23.0 Å². The molecule has 0 aliphatic heterocycles. The molecule has 0 N–H and O–H groups in total. The first-order valence-electron chi connectivity index (χ1n) is 12.9. The smallest absolute Gasteiger partial charge is 0.0441 e. The highest BCUT2D eigenvalue weighted by Gasteiger charge is 2.39. The third-order valence-corrected chi connectivity index (χ3v) is 8.29. The average molecular weight is 482 g/mol. The molecule has 6 aromatic rings. The minimum atomic E-state index is -0.987. The van der Waals surface area contributed by atoms with E-state index in [0.717, 1.165) is 59.9 Å². The quantitative estimate of drug-likeness (QED) is 0.305. The Labute approximate surface area is 216 Å². The Morgan fingerprint density at radius 2 is 0.973 bits per heavy atom. The maximum absolute atomic E-state index is 13.9. The van der Waals surface area contributed by atoms with Crippen LogP contribution in [0.15, 0.2) is 103 Å². The zero-order valence-electron chi connectivity index (χ0n) is 20.9. The first-order chi connectivity index (χ1) is 18.0. The number of benzene rings is 6. The molecule has 0 amide bonds. The van der Waals surface area contributed by atoms with Gasteiger partial charge in [-0.25, -0.2) is 0 Å². The van der Waals surface area contributed by atoms with Gasteiger partial charge in [-0.15, -0.1) is 12.2 Å². The van der Waals surface area contributed by atoms with E-state index in [1.165, 1.54) is 0 Å². The van der Waals surface area contributed by atoms with Crippen molar-refractivity contribution in [2.24, 2.45) is 0 Å². The minimum Gasteiger partial charge on any atom is -0.851 e. The van der Waals surface area contributed by atoms with E-state index in [4.69, 9.17) is 0 Å². The molecule has 3 heteroatoms. The second-order valence-corrected chi connectivity index (χ2v) is 10.6. The fourth-order valence-corrected chi connectivity index (χ4v) is 6.38. The zero-order valence-corrected chi connectivity index (χ0v) is 20.9. The van der Waals surface area contributed by atoms with Crippen molar-refractivity contribution in [3.63, 3.8) is 0 Å². The molecule has 2 unspecified atom stereocenters. The molecule has 182 valence electrons. The Morgan fingerprint density at radius 3 is 1.57 bits per heavy atom. The highest BCUT2D eigenvalue weighted by Crippen LogP contribution is 2.49.